The molecule has 0 aliphatic carbocycles. The van der Waals surface area contributed by atoms with E-state index in [-0.39, 0.29) is 29.0 Å². The van der Waals surface area contributed by atoms with Gasteiger partial charge < -0.3 is 4.90 Å². The van der Waals surface area contributed by atoms with Gasteiger partial charge in [0.2, 0.25) is 5.91 Å². The van der Waals surface area contributed by atoms with E-state index >= 15 is 0 Å². The van der Waals surface area contributed by atoms with Gasteiger partial charge in [-0.15, -0.1) is 22.7 Å². The van der Waals surface area contributed by atoms with Crippen LogP contribution in [0.2, 0.25) is 5.02 Å². The molecule has 0 saturated carbocycles. The normalized spacial score (nSPS) is 16.8. The zero-order valence-electron chi connectivity index (χ0n) is 14.9. The number of amides is 1. The molecule has 1 atom stereocenters. The largest absolute Gasteiger partial charge is 0.330 e. The maximum atomic E-state index is 13.0. The SMILES string of the molecule is O=C(CCS(=O)(=O)c1ccc(Cl)cc1)N1CCc2sccc2[C@H]1c1cccs1. The number of sulfone groups is 1. The Morgan fingerprint density at radius 1 is 1.11 bits per heavy atom. The molecule has 0 spiro atoms. The van der Waals surface area contributed by atoms with Crippen LogP contribution >= 0.6 is 34.3 Å². The molecule has 0 N–H and O–H groups in total. The molecule has 2 aromatic heterocycles. The molecule has 4 nitrogen and oxygen atoms in total. The highest BCUT2D eigenvalue weighted by Gasteiger charge is 2.33. The van der Waals surface area contributed by atoms with Gasteiger partial charge in [0.05, 0.1) is 16.7 Å². The van der Waals surface area contributed by atoms with Crippen molar-refractivity contribution in [1.82, 2.24) is 4.90 Å². The van der Waals surface area contributed by atoms with Crippen molar-refractivity contribution >= 4 is 50.0 Å². The second-order valence-electron chi connectivity index (χ2n) is 6.58. The molecular formula is C20H18ClNO3S3. The van der Waals surface area contributed by atoms with Crippen LogP contribution in [0.4, 0.5) is 0 Å². The number of hydrogen-bond donors (Lipinski definition) is 0. The van der Waals surface area contributed by atoms with Gasteiger partial charge >= 0.3 is 0 Å². The molecule has 0 bridgehead atoms. The summed E-state index contributed by atoms with van der Waals surface area (Å²) in [5.41, 5.74) is 1.16. The first-order valence-corrected chi connectivity index (χ1v) is 12.6. The van der Waals surface area contributed by atoms with E-state index in [1.165, 1.54) is 17.0 Å². The Balaban J connectivity index is 1.53. The van der Waals surface area contributed by atoms with Crippen LogP contribution in [0.5, 0.6) is 0 Å². The number of benzene rings is 1. The highest BCUT2D eigenvalue weighted by molar-refractivity contribution is 7.91. The summed E-state index contributed by atoms with van der Waals surface area (Å²) >= 11 is 9.17. The van der Waals surface area contributed by atoms with Crippen molar-refractivity contribution in [2.24, 2.45) is 0 Å². The van der Waals surface area contributed by atoms with Crippen LogP contribution in [0.1, 0.15) is 27.8 Å². The fraction of sp³-hybridized carbons (Fsp3) is 0.250. The minimum atomic E-state index is -3.53. The number of thiophene rings is 2. The second-order valence-corrected chi connectivity index (χ2v) is 11.1. The van der Waals surface area contributed by atoms with Crippen molar-refractivity contribution < 1.29 is 13.2 Å². The first-order chi connectivity index (χ1) is 13.5. The van der Waals surface area contributed by atoms with Gasteiger partial charge in [-0.2, -0.15) is 0 Å². The first kappa shape index (κ1) is 19.6. The standard InChI is InChI=1S/C20H18ClNO3S3/c21-14-3-5-15(6-4-14)28(24,25)13-9-19(23)22-10-7-17-16(8-12-27-17)20(22)18-2-1-11-26-18/h1-6,8,11-12,20H,7,9-10,13H2/t20-/m0/s1. The van der Waals surface area contributed by atoms with Crippen LogP contribution in [0.15, 0.2) is 58.1 Å². The first-order valence-electron chi connectivity index (χ1n) is 8.83. The van der Waals surface area contributed by atoms with Gasteiger partial charge in [-0.3, -0.25) is 4.79 Å². The van der Waals surface area contributed by atoms with E-state index in [2.05, 4.69) is 11.4 Å². The molecule has 1 aromatic carbocycles. The predicted molar refractivity (Wildman–Crippen MR) is 114 cm³/mol. The minimum Gasteiger partial charge on any atom is -0.330 e. The summed E-state index contributed by atoms with van der Waals surface area (Å²) < 4.78 is 25.2. The van der Waals surface area contributed by atoms with Crippen LogP contribution in [0.3, 0.4) is 0 Å². The van der Waals surface area contributed by atoms with Crippen molar-refractivity contribution in [2.45, 2.75) is 23.8 Å². The lowest BCUT2D eigenvalue weighted by atomic mass is 9.98. The summed E-state index contributed by atoms with van der Waals surface area (Å²) in [4.78, 5) is 17.4. The highest BCUT2D eigenvalue weighted by Crippen LogP contribution is 2.39. The van der Waals surface area contributed by atoms with E-state index in [1.54, 1.807) is 34.8 Å². The zero-order chi connectivity index (χ0) is 19.7. The van der Waals surface area contributed by atoms with Gasteiger partial charge in [0.1, 0.15) is 0 Å². The zero-order valence-corrected chi connectivity index (χ0v) is 18.1. The van der Waals surface area contributed by atoms with Crippen molar-refractivity contribution in [1.29, 1.82) is 0 Å². The minimum absolute atomic E-state index is 0.0354. The number of carbonyl (C=O) groups excluding carboxylic acids is 1. The van der Waals surface area contributed by atoms with Crippen LogP contribution < -0.4 is 0 Å². The number of carbonyl (C=O) groups is 1. The summed E-state index contributed by atoms with van der Waals surface area (Å²) in [6, 6.07) is 12.0. The van der Waals surface area contributed by atoms with E-state index in [0.29, 0.717) is 11.6 Å². The Labute approximate surface area is 177 Å². The molecule has 3 heterocycles. The molecule has 1 aliphatic heterocycles. The number of rotatable bonds is 5. The lowest BCUT2D eigenvalue weighted by Crippen LogP contribution is -2.40. The lowest BCUT2D eigenvalue weighted by Gasteiger charge is -2.35. The van der Waals surface area contributed by atoms with Crippen molar-refractivity contribution in [2.75, 3.05) is 12.3 Å². The molecule has 4 rings (SSSR count). The van der Waals surface area contributed by atoms with Gasteiger partial charge in [-0.05, 0) is 59.1 Å². The van der Waals surface area contributed by atoms with Crippen molar-refractivity contribution in [3.63, 3.8) is 0 Å². The number of hydrogen-bond acceptors (Lipinski definition) is 5. The predicted octanol–water partition coefficient (Wildman–Crippen LogP) is 4.80. The van der Waals surface area contributed by atoms with E-state index in [9.17, 15) is 13.2 Å². The molecule has 1 aliphatic rings. The Bertz CT molecular complexity index is 1070. The molecule has 146 valence electrons. The highest BCUT2D eigenvalue weighted by atomic mass is 35.5. The number of fused-ring (bicyclic) bond motifs is 1. The van der Waals surface area contributed by atoms with Crippen molar-refractivity contribution in [3.8, 4) is 0 Å². The fourth-order valence-corrected chi connectivity index (χ4v) is 6.58. The third-order valence-corrected chi connectivity index (χ3v) is 8.76. The topological polar surface area (TPSA) is 54.5 Å². The molecule has 3 aromatic rings. The summed E-state index contributed by atoms with van der Waals surface area (Å²) in [6.45, 7) is 0.607. The summed E-state index contributed by atoms with van der Waals surface area (Å²) in [6.07, 6.45) is 0.775. The van der Waals surface area contributed by atoms with E-state index in [1.807, 2.05) is 22.4 Å². The number of nitrogens with zero attached hydrogens (tertiary/aromatic N) is 1. The Hall–Kier alpha value is -1.67. The van der Waals surface area contributed by atoms with Crippen LogP contribution in [-0.2, 0) is 21.1 Å². The molecule has 0 fully saturated rings. The quantitative estimate of drug-likeness (QED) is 0.559. The average Bonchev–Trinajstić information content (AvgIpc) is 3.37. The van der Waals surface area contributed by atoms with Gasteiger partial charge in [-0.25, -0.2) is 8.42 Å². The van der Waals surface area contributed by atoms with Gasteiger partial charge in [-0.1, -0.05) is 17.7 Å². The summed E-state index contributed by atoms with van der Waals surface area (Å²) in [7, 11) is -3.53. The molecule has 0 saturated heterocycles. The lowest BCUT2D eigenvalue weighted by molar-refractivity contribution is -0.132. The molecule has 0 unspecified atom stereocenters. The molecule has 1 amide bonds. The van der Waals surface area contributed by atoms with Crippen molar-refractivity contribution in [3.05, 3.63) is 73.6 Å². The Kier molecular flexibility index (Phi) is 5.60. The monoisotopic (exact) mass is 451 g/mol. The Morgan fingerprint density at radius 2 is 1.89 bits per heavy atom. The van der Waals surface area contributed by atoms with Gasteiger partial charge in [0.15, 0.2) is 9.84 Å². The van der Waals surface area contributed by atoms with E-state index < -0.39 is 9.84 Å². The maximum absolute atomic E-state index is 13.0. The van der Waals surface area contributed by atoms with Gasteiger partial charge in [0.25, 0.3) is 0 Å². The van der Waals surface area contributed by atoms with Crippen LogP contribution in [0.25, 0.3) is 0 Å². The smallest absolute Gasteiger partial charge is 0.224 e. The third-order valence-electron chi connectivity index (χ3n) is 4.86. The molecule has 0 radical (unpaired) electrons. The third kappa shape index (κ3) is 3.89. The van der Waals surface area contributed by atoms with Crippen LogP contribution in [-0.4, -0.2) is 31.5 Å². The molecule has 28 heavy (non-hydrogen) atoms. The molecular weight excluding hydrogens is 434 g/mol. The fourth-order valence-electron chi connectivity index (χ4n) is 3.46. The molecule has 8 heteroatoms. The Morgan fingerprint density at radius 3 is 2.61 bits per heavy atom. The van der Waals surface area contributed by atoms with Crippen LogP contribution in [0, 0.1) is 0 Å². The number of halogens is 1. The van der Waals surface area contributed by atoms with E-state index in [0.717, 1.165) is 16.9 Å². The second kappa shape index (κ2) is 7.99. The van der Waals surface area contributed by atoms with Gasteiger partial charge in [0, 0.05) is 27.7 Å². The average molecular weight is 452 g/mol. The summed E-state index contributed by atoms with van der Waals surface area (Å²) in [5, 5.41) is 4.54. The summed E-state index contributed by atoms with van der Waals surface area (Å²) in [5.74, 6) is -0.342. The van der Waals surface area contributed by atoms with E-state index in [4.69, 9.17) is 11.6 Å². The maximum Gasteiger partial charge on any atom is 0.224 e.